The van der Waals surface area contributed by atoms with Crippen LogP contribution in [0.4, 0.5) is 10.5 Å². The molecule has 0 bridgehead atoms. The van der Waals surface area contributed by atoms with Crippen LogP contribution in [-0.4, -0.2) is 27.9 Å². The highest BCUT2D eigenvalue weighted by molar-refractivity contribution is 7.99. The monoisotopic (exact) mass is 382 g/mol. The van der Waals surface area contributed by atoms with Crippen molar-refractivity contribution < 1.29 is 14.0 Å². The number of aromatic nitrogens is 2. The fourth-order valence-electron chi connectivity index (χ4n) is 2.36. The molecule has 3 aromatic rings. The van der Waals surface area contributed by atoms with E-state index in [0.717, 1.165) is 28.5 Å². The number of imide groups is 1. The number of aryl methyl sites for hydroxylation is 2. The third-order valence-corrected chi connectivity index (χ3v) is 4.46. The van der Waals surface area contributed by atoms with Gasteiger partial charge in [0.2, 0.25) is 11.8 Å². The lowest BCUT2D eigenvalue weighted by atomic mass is 10.1. The lowest BCUT2D eigenvalue weighted by Gasteiger charge is -2.09. The minimum atomic E-state index is -0.581. The van der Waals surface area contributed by atoms with E-state index < -0.39 is 11.9 Å². The minimum absolute atomic E-state index is 0.0171. The van der Waals surface area contributed by atoms with E-state index in [1.54, 1.807) is 6.07 Å². The molecule has 1 heterocycles. The van der Waals surface area contributed by atoms with Crippen molar-refractivity contribution in [3.05, 3.63) is 59.7 Å². The Balaban J connectivity index is 1.49. The quantitative estimate of drug-likeness (QED) is 0.652. The van der Waals surface area contributed by atoms with E-state index in [9.17, 15) is 9.59 Å². The van der Waals surface area contributed by atoms with Crippen LogP contribution in [0.15, 0.2) is 58.2 Å². The van der Waals surface area contributed by atoms with Crippen molar-refractivity contribution in [3.8, 4) is 11.5 Å². The Morgan fingerprint density at radius 2 is 1.85 bits per heavy atom. The van der Waals surface area contributed by atoms with Gasteiger partial charge in [-0.3, -0.25) is 10.1 Å². The molecule has 27 heavy (non-hydrogen) atoms. The summed E-state index contributed by atoms with van der Waals surface area (Å²) in [6.45, 7) is 3.86. The van der Waals surface area contributed by atoms with Crippen LogP contribution < -0.4 is 10.6 Å². The summed E-state index contributed by atoms with van der Waals surface area (Å²) in [5.74, 6) is -0.0932. The first-order valence-corrected chi connectivity index (χ1v) is 9.19. The summed E-state index contributed by atoms with van der Waals surface area (Å²) >= 11 is 1.07. The van der Waals surface area contributed by atoms with Crippen molar-refractivity contribution in [2.45, 2.75) is 19.1 Å². The molecule has 0 aliphatic heterocycles. The van der Waals surface area contributed by atoms with E-state index in [4.69, 9.17) is 4.42 Å². The number of amides is 3. The van der Waals surface area contributed by atoms with Gasteiger partial charge in [0, 0.05) is 11.3 Å². The lowest BCUT2D eigenvalue weighted by molar-refractivity contribution is -0.117. The molecule has 138 valence electrons. The number of carbonyl (C=O) groups excluding carboxylic acids is 2. The normalized spacial score (nSPS) is 10.4. The third-order valence-electron chi connectivity index (χ3n) is 3.64. The average molecular weight is 382 g/mol. The standard InChI is InChI=1S/C19H18N4O3S/c1-12-8-9-15(13(2)10-12)20-18(25)21-16(24)11-27-19-23-22-17(26-19)14-6-4-3-5-7-14/h3-10H,11H2,1-2H3,(H2,20,21,24,25). The Morgan fingerprint density at radius 1 is 1.07 bits per heavy atom. The number of hydrogen-bond donors (Lipinski definition) is 2. The van der Waals surface area contributed by atoms with Gasteiger partial charge in [0.1, 0.15) is 0 Å². The molecule has 7 nitrogen and oxygen atoms in total. The summed E-state index contributed by atoms with van der Waals surface area (Å²) < 4.78 is 5.51. The van der Waals surface area contributed by atoms with E-state index in [-0.39, 0.29) is 11.0 Å². The van der Waals surface area contributed by atoms with Gasteiger partial charge in [-0.2, -0.15) is 0 Å². The Kier molecular flexibility index (Phi) is 5.87. The van der Waals surface area contributed by atoms with Gasteiger partial charge in [0.05, 0.1) is 5.75 Å². The highest BCUT2D eigenvalue weighted by atomic mass is 32.2. The van der Waals surface area contributed by atoms with E-state index >= 15 is 0 Å². The van der Waals surface area contributed by atoms with Crippen molar-refractivity contribution in [2.75, 3.05) is 11.1 Å². The molecule has 2 aromatic carbocycles. The molecule has 0 aliphatic carbocycles. The first kappa shape index (κ1) is 18.7. The van der Waals surface area contributed by atoms with Gasteiger partial charge in [-0.15, -0.1) is 10.2 Å². The highest BCUT2D eigenvalue weighted by Gasteiger charge is 2.13. The van der Waals surface area contributed by atoms with Crippen molar-refractivity contribution in [2.24, 2.45) is 0 Å². The molecule has 0 saturated carbocycles. The lowest BCUT2D eigenvalue weighted by Crippen LogP contribution is -2.35. The summed E-state index contributed by atoms with van der Waals surface area (Å²) in [6, 6.07) is 14.4. The smallest absolute Gasteiger partial charge is 0.325 e. The van der Waals surface area contributed by atoms with E-state index in [1.807, 2.05) is 56.3 Å². The van der Waals surface area contributed by atoms with Crippen LogP contribution in [0.5, 0.6) is 0 Å². The molecule has 0 fully saturated rings. The maximum Gasteiger partial charge on any atom is 0.325 e. The summed E-state index contributed by atoms with van der Waals surface area (Å²) in [5, 5.41) is 13.0. The second kappa shape index (κ2) is 8.50. The van der Waals surface area contributed by atoms with Crippen molar-refractivity contribution >= 4 is 29.4 Å². The number of nitrogens with one attached hydrogen (secondary N) is 2. The fourth-order valence-corrected chi connectivity index (χ4v) is 2.93. The van der Waals surface area contributed by atoms with Crippen LogP contribution >= 0.6 is 11.8 Å². The van der Waals surface area contributed by atoms with Gasteiger partial charge in [0.15, 0.2) is 0 Å². The zero-order valence-electron chi connectivity index (χ0n) is 14.9. The van der Waals surface area contributed by atoms with Crippen LogP contribution in [0.2, 0.25) is 0 Å². The second-order valence-corrected chi connectivity index (χ2v) is 6.78. The number of hydrogen-bond acceptors (Lipinski definition) is 6. The molecular formula is C19H18N4O3S. The molecule has 8 heteroatoms. The summed E-state index contributed by atoms with van der Waals surface area (Å²) in [5.41, 5.74) is 3.48. The Bertz CT molecular complexity index is 957. The molecule has 0 radical (unpaired) electrons. The maximum atomic E-state index is 12.0. The van der Waals surface area contributed by atoms with Crippen LogP contribution in [-0.2, 0) is 4.79 Å². The minimum Gasteiger partial charge on any atom is -0.411 e. The summed E-state index contributed by atoms with van der Waals surface area (Å²) in [7, 11) is 0. The zero-order chi connectivity index (χ0) is 19.2. The van der Waals surface area contributed by atoms with Gasteiger partial charge in [0.25, 0.3) is 5.22 Å². The summed E-state index contributed by atoms with van der Waals surface area (Å²) in [6.07, 6.45) is 0. The number of benzene rings is 2. The molecule has 0 spiro atoms. The first-order valence-electron chi connectivity index (χ1n) is 8.21. The van der Waals surface area contributed by atoms with Crippen molar-refractivity contribution in [1.29, 1.82) is 0 Å². The van der Waals surface area contributed by atoms with E-state index in [0.29, 0.717) is 11.6 Å². The summed E-state index contributed by atoms with van der Waals surface area (Å²) in [4.78, 5) is 23.9. The Morgan fingerprint density at radius 3 is 2.59 bits per heavy atom. The van der Waals surface area contributed by atoms with Gasteiger partial charge in [-0.1, -0.05) is 47.7 Å². The van der Waals surface area contributed by atoms with Crippen LogP contribution in [0, 0.1) is 13.8 Å². The van der Waals surface area contributed by atoms with Gasteiger partial charge >= 0.3 is 6.03 Å². The van der Waals surface area contributed by atoms with Gasteiger partial charge in [-0.25, -0.2) is 4.79 Å². The predicted molar refractivity (Wildman–Crippen MR) is 104 cm³/mol. The molecule has 0 saturated heterocycles. The SMILES string of the molecule is Cc1ccc(NC(=O)NC(=O)CSc2nnc(-c3ccccc3)o2)c(C)c1. The number of nitrogens with zero attached hydrogens (tertiary/aromatic N) is 2. The molecule has 0 unspecified atom stereocenters. The molecule has 1 aromatic heterocycles. The van der Waals surface area contributed by atoms with E-state index in [2.05, 4.69) is 20.8 Å². The largest absolute Gasteiger partial charge is 0.411 e. The average Bonchev–Trinajstić information content (AvgIpc) is 3.12. The molecule has 3 rings (SSSR count). The van der Waals surface area contributed by atoms with Gasteiger partial charge < -0.3 is 9.73 Å². The number of rotatable bonds is 5. The van der Waals surface area contributed by atoms with Crippen LogP contribution in [0.25, 0.3) is 11.5 Å². The first-order chi connectivity index (χ1) is 13.0. The van der Waals surface area contributed by atoms with Crippen molar-refractivity contribution in [3.63, 3.8) is 0 Å². The van der Waals surface area contributed by atoms with E-state index in [1.165, 1.54) is 0 Å². The zero-order valence-corrected chi connectivity index (χ0v) is 15.7. The van der Waals surface area contributed by atoms with Crippen molar-refractivity contribution in [1.82, 2.24) is 15.5 Å². The molecular weight excluding hydrogens is 364 g/mol. The topological polar surface area (TPSA) is 97.1 Å². The van der Waals surface area contributed by atoms with Crippen LogP contribution in [0.1, 0.15) is 11.1 Å². The predicted octanol–water partition coefficient (Wildman–Crippen LogP) is 3.79. The third kappa shape index (κ3) is 5.18. The Hall–Kier alpha value is -3.13. The number of thioether (sulfide) groups is 1. The number of urea groups is 1. The molecule has 2 N–H and O–H groups in total. The van der Waals surface area contributed by atoms with Crippen LogP contribution in [0.3, 0.4) is 0 Å². The maximum absolute atomic E-state index is 12.0. The highest BCUT2D eigenvalue weighted by Crippen LogP contribution is 2.22. The van der Waals surface area contributed by atoms with Gasteiger partial charge in [-0.05, 0) is 37.6 Å². The molecule has 0 aliphatic rings. The molecule has 0 atom stereocenters. The Labute approximate surface area is 160 Å². The fraction of sp³-hybridized carbons (Fsp3) is 0.158. The number of anilines is 1. The second-order valence-electron chi connectivity index (χ2n) is 5.85. The molecule has 3 amide bonds. The number of carbonyl (C=O) groups is 2.